The molecule has 0 aromatic heterocycles. The van der Waals surface area contributed by atoms with Crippen LogP contribution in [0.3, 0.4) is 0 Å². The van der Waals surface area contributed by atoms with Gasteiger partial charge in [-0.15, -0.1) is 0 Å². The molecule has 0 aliphatic rings. The number of carbonyl (C=O) groups excluding carboxylic acids is 2. The Labute approximate surface area is 63.4 Å². The zero-order valence-electron chi connectivity index (χ0n) is 6.03. The van der Waals surface area contributed by atoms with Crippen LogP contribution in [-0.4, -0.2) is 29.8 Å². The van der Waals surface area contributed by atoms with Gasteiger partial charge in [-0.05, 0) is 6.92 Å². The third kappa shape index (κ3) is 3.34. The highest BCUT2D eigenvalue weighted by atomic mass is 16.4. The smallest absolute Gasteiger partial charge is 0.315 e. The molecule has 0 radical (unpaired) electrons. The Morgan fingerprint density at radius 1 is 1.64 bits per heavy atom. The summed E-state index contributed by atoms with van der Waals surface area (Å²) in [6, 6.07) is 0. The van der Waals surface area contributed by atoms with E-state index in [0.717, 1.165) is 0 Å². The number of carboxylic acids is 1. The summed E-state index contributed by atoms with van der Waals surface area (Å²) < 4.78 is 0. The highest BCUT2D eigenvalue weighted by Gasteiger charge is 2.21. The molecule has 5 heteroatoms. The normalized spacial score (nSPS) is 11.7. The lowest BCUT2D eigenvalue weighted by atomic mass is 10.1. The Morgan fingerprint density at radius 3 is 2.45 bits per heavy atom. The van der Waals surface area contributed by atoms with Gasteiger partial charge in [0.25, 0.3) is 0 Å². The molecular formula is C6H9NO4. The molecule has 0 heterocycles. The first-order valence-corrected chi connectivity index (χ1v) is 3.00. The average molecular weight is 159 g/mol. The van der Waals surface area contributed by atoms with Crippen molar-refractivity contribution in [2.45, 2.75) is 6.92 Å². The number of carbonyl (C=O) groups is 3. The Bertz CT molecular complexity index is 163. The Balaban J connectivity index is 4.00. The van der Waals surface area contributed by atoms with Crippen LogP contribution >= 0.6 is 0 Å². The number of carboxylic acid groups (broad SMARTS) is 1. The topological polar surface area (TPSA) is 83.5 Å². The fourth-order valence-corrected chi connectivity index (χ4v) is 0.571. The van der Waals surface area contributed by atoms with Crippen molar-refractivity contribution in [2.24, 2.45) is 5.92 Å². The predicted octanol–water partition coefficient (Wildman–Crippen LogP) is -0.978. The monoisotopic (exact) mass is 159 g/mol. The van der Waals surface area contributed by atoms with Crippen LogP contribution in [0, 0.1) is 5.92 Å². The van der Waals surface area contributed by atoms with E-state index >= 15 is 0 Å². The van der Waals surface area contributed by atoms with Crippen LogP contribution in [-0.2, 0) is 14.4 Å². The third-order valence-electron chi connectivity index (χ3n) is 1.19. The van der Waals surface area contributed by atoms with E-state index in [0.29, 0.717) is 6.41 Å². The van der Waals surface area contributed by atoms with Crippen molar-refractivity contribution in [3.05, 3.63) is 0 Å². The van der Waals surface area contributed by atoms with Gasteiger partial charge >= 0.3 is 5.97 Å². The molecule has 0 rings (SSSR count). The van der Waals surface area contributed by atoms with Crippen molar-refractivity contribution >= 4 is 18.2 Å². The SMILES string of the molecule is CC(=O)C(CNC=O)C(=O)O. The van der Waals surface area contributed by atoms with Gasteiger partial charge in [-0.3, -0.25) is 14.4 Å². The first-order valence-electron chi connectivity index (χ1n) is 3.00. The van der Waals surface area contributed by atoms with Crippen LogP contribution in [0.1, 0.15) is 6.92 Å². The number of ketones is 1. The van der Waals surface area contributed by atoms with E-state index in [1.165, 1.54) is 6.92 Å². The van der Waals surface area contributed by atoms with Gasteiger partial charge in [0.2, 0.25) is 6.41 Å². The Kier molecular flexibility index (Phi) is 3.87. The zero-order valence-corrected chi connectivity index (χ0v) is 6.03. The van der Waals surface area contributed by atoms with E-state index in [9.17, 15) is 14.4 Å². The van der Waals surface area contributed by atoms with Crippen molar-refractivity contribution in [3.63, 3.8) is 0 Å². The van der Waals surface area contributed by atoms with Gasteiger partial charge < -0.3 is 10.4 Å². The molecule has 0 aromatic rings. The zero-order chi connectivity index (χ0) is 8.85. The predicted molar refractivity (Wildman–Crippen MR) is 35.9 cm³/mol. The largest absolute Gasteiger partial charge is 0.481 e. The molecule has 1 unspecified atom stereocenters. The molecule has 62 valence electrons. The quantitative estimate of drug-likeness (QED) is 0.399. The molecule has 0 spiro atoms. The summed E-state index contributed by atoms with van der Waals surface area (Å²) in [5.74, 6) is -2.81. The Morgan fingerprint density at radius 2 is 2.18 bits per heavy atom. The molecule has 0 aliphatic heterocycles. The van der Waals surface area contributed by atoms with E-state index in [1.807, 2.05) is 0 Å². The van der Waals surface area contributed by atoms with Crippen molar-refractivity contribution < 1.29 is 19.5 Å². The maximum atomic E-state index is 10.6. The molecule has 5 nitrogen and oxygen atoms in total. The van der Waals surface area contributed by atoms with E-state index in [1.54, 1.807) is 0 Å². The molecule has 11 heavy (non-hydrogen) atoms. The molecular weight excluding hydrogens is 150 g/mol. The molecule has 0 aromatic carbocycles. The van der Waals surface area contributed by atoms with Crippen LogP contribution in [0.15, 0.2) is 0 Å². The standard InChI is InChI=1S/C6H9NO4/c1-4(9)5(6(10)11)2-7-3-8/h3,5H,2H2,1H3,(H,7,8)(H,10,11). The highest BCUT2D eigenvalue weighted by molar-refractivity contribution is 5.97. The maximum absolute atomic E-state index is 10.6. The lowest BCUT2D eigenvalue weighted by molar-refractivity contribution is -0.145. The Hall–Kier alpha value is -1.39. The van der Waals surface area contributed by atoms with Crippen LogP contribution in [0.25, 0.3) is 0 Å². The van der Waals surface area contributed by atoms with E-state index in [2.05, 4.69) is 5.32 Å². The summed E-state index contributed by atoms with van der Waals surface area (Å²) in [7, 11) is 0. The van der Waals surface area contributed by atoms with Crippen LogP contribution in [0.4, 0.5) is 0 Å². The van der Waals surface area contributed by atoms with Crippen LogP contribution in [0.5, 0.6) is 0 Å². The highest BCUT2D eigenvalue weighted by Crippen LogP contribution is 1.95. The minimum Gasteiger partial charge on any atom is -0.481 e. The fraction of sp³-hybridized carbons (Fsp3) is 0.500. The lowest BCUT2D eigenvalue weighted by Crippen LogP contribution is -2.32. The second-order valence-electron chi connectivity index (χ2n) is 2.03. The molecule has 2 N–H and O–H groups in total. The minimum absolute atomic E-state index is 0.145. The summed E-state index contributed by atoms with van der Waals surface area (Å²) in [6.45, 7) is 1.03. The summed E-state index contributed by atoms with van der Waals surface area (Å²) in [5, 5.41) is 10.5. The molecule has 0 saturated carbocycles. The first-order chi connectivity index (χ1) is 5.09. The van der Waals surface area contributed by atoms with Gasteiger partial charge in [-0.2, -0.15) is 0 Å². The number of rotatable bonds is 5. The summed E-state index contributed by atoms with van der Waals surface area (Å²) in [4.78, 5) is 30.6. The lowest BCUT2D eigenvalue weighted by Gasteiger charge is -2.05. The average Bonchev–Trinajstić information content (AvgIpc) is 1.87. The van der Waals surface area contributed by atoms with Crippen LogP contribution < -0.4 is 5.32 Å². The van der Waals surface area contributed by atoms with E-state index < -0.39 is 17.7 Å². The van der Waals surface area contributed by atoms with Gasteiger partial charge in [0.05, 0.1) is 0 Å². The molecule has 0 fully saturated rings. The van der Waals surface area contributed by atoms with Gasteiger partial charge in [0, 0.05) is 6.54 Å². The molecule has 0 aliphatic carbocycles. The van der Waals surface area contributed by atoms with Crippen LogP contribution in [0.2, 0.25) is 0 Å². The fourth-order valence-electron chi connectivity index (χ4n) is 0.571. The van der Waals surface area contributed by atoms with Crippen molar-refractivity contribution in [1.29, 1.82) is 0 Å². The van der Waals surface area contributed by atoms with E-state index in [-0.39, 0.29) is 6.54 Å². The number of amides is 1. The summed E-state index contributed by atoms with van der Waals surface area (Å²) in [6.07, 6.45) is 0.360. The number of nitrogens with one attached hydrogen (secondary N) is 1. The number of hydrogen-bond acceptors (Lipinski definition) is 3. The number of Topliss-reactive ketones (excluding diaryl/α,β-unsaturated/α-hetero) is 1. The number of aliphatic carboxylic acids is 1. The van der Waals surface area contributed by atoms with Gasteiger partial charge in [0.15, 0.2) is 0 Å². The number of hydrogen-bond donors (Lipinski definition) is 2. The third-order valence-corrected chi connectivity index (χ3v) is 1.19. The second kappa shape index (κ2) is 4.43. The molecule has 0 saturated heterocycles. The van der Waals surface area contributed by atoms with Gasteiger partial charge in [-0.25, -0.2) is 0 Å². The minimum atomic E-state index is -1.22. The first kappa shape index (κ1) is 9.61. The summed E-state index contributed by atoms with van der Waals surface area (Å²) >= 11 is 0. The van der Waals surface area contributed by atoms with E-state index in [4.69, 9.17) is 5.11 Å². The summed E-state index contributed by atoms with van der Waals surface area (Å²) in [5.41, 5.74) is 0. The van der Waals surface area contributed by atoms with Crippen molar-refractivity contribution in [1.82, 2.24) is 5.32 Å². The molecule has 0 bridgehead atoms. The maximum Gasteiger partial charge on any atom is 0.315 e. The van der Waals surface area contributed by atoms with Crippen molar-refractivity contribution in [3.8, 4) is 0 Å². The molecule has 1 atom stereocenters. The molecule has 1 amide bonds. The van der Waals surface area contributed by atoms with Gasteiger partial charge in [-0.1, -0.05) is 0 Å². The van der Waals surface area contributed by atoms with Gasteiger partial charge in [0.1, 0.15) is 11.7 Å². The van der Waals surface area contributed by atoms with Crippen molar-refractivity contribution in [2.75, 3.05) is 6.54 Å². The second-order valence-corrected chi connectivity index (χ2v) is 2.03.